The summed E-state index contributed by atoms with van der Waals surface area (Å²) >= 11 is 0. The molecule has 134 valence electrons. The third-order valence-electron chi connectivity index (χ3n) is 4.20. The number of hydrogen-bond acceptors (Lipinski definition) is 6. The quantitative estimate of drug-likeness (QED) is 0.568. The Kier molecular flexibility index (Phi) is 4.53. The Hall–Kier alpha value is -3.67. The number of benzene rings is 2. The lowest BCUT2D eigenvalue weighted by Crippen LogP contribution is -2.01. The van der Waals surface area contributed by atoms with Crippen LogP contribution in [0.5, 0.6) is 11.5 Å². The molecule has 0 unspecified atom stereocenters. The minimum atomic E-state index is 0.631. The maximum Gasteiger partial charge on any atom is 0.162 e. The number of ether oxygens (including phenoxy) is 2. The van der Waals surface area contributed by atoms with Crippen LogP contribution in [0.3, 0.4) is 0 Å². The van der Waals surface area contributed by atoms with E-state index < -0.39 is 0 Å². The van der Waals surface area contributed by atoms with Gasteiger partial charge in [0.25, 0.3) is 0 Å². The zero-order valence-electron chi connectivity index (χ0n) is 15.0. The van der Waals surface area contributed by atoms with Crippen LogP contribution in [0, 0.1) is 0 Å². The highest BCUT2D eigenvalue weighted by molar-refractivity contribution is 5.92. The third-order valence-corrected chi connectivity index (χ3v) is 4.20. The van der Waals surface area contributed by atoms with Gasteiger partial charge in [0, 0.05) is 29.4 Å². The normalized spacial score (nSPS) is 10.6. The summed E-state index contributed by atoms with van der Waals surface area (Å²) in [7, 11) is 3.25. The minimum absolute atomic E-state index is 0.631. The van der Waals surface area contributed by atoms with E-state index in [2.05, 4.69) is 15.3 Å². The summed E-state index contributed by atoms with van der Waals surface area (Å²) in [5.41, 5.74) is 2.55. The van der Waals surface area contributed by atoms with Crippen LogP contribution in [0.15, 0.2) is 67.0 Å². The molecule has 0 aliphatic rings. The number of nitrogens with zero attached hydrogens (tertiary/aromatic N) is 3. The first-order chi connectivity index (χ1) is 13.3. The first-order valence-corrected chi connectivity index (χ1v) is 8.44. The van der Waals surface area contributed by atoms with Crippen molar-refractivity contribution in [3.8, 4) is 22.9 Å². The molecule has 1 N–H and O–H groups in total. The molecule has 4 rings (SSSR count). The number of aromatic nitrogens is 3. The molecule has 2 heterocycles. The third kappa shape index (κ3) is 3.37. The van der Waals surface area contributed by atoms with E-state index in [-0.39, 0.29) is 0 Å². The molecule has 0 aliphatic heterocycles. The number of rotatable bonds is 5. The number of nitrogens with one attached hydrogen (secondary N) is 1. The molecular weight excluding hydrogens is 340 g/mol. The van der Waals surface area contributed by atoms with E-state index in [0.29, 0.717) is 17.4 Å². The average molecular weight is 358 g/mol. The van der Waals surface area contributed by atoms with Crippen LogP contribution in [0.1, 0.15) is 0 Å². The molecule has 2 aromatic carbocycles. The number of pyridine rings is 1. The molecule has 0 radical (unpaired) electrons. The first-order valence-electron chi connectivity index (χ1n) is 8.44. The van der Waals surface area contributed by atoms with Gasteiger partial charge in [0.05, 0.1) is 25.4 Å². The first kappa shape index (κ1) is 16.8. The van der Waals surface area contributed by atoms with Crippen LogP contribution in [0.25, 0.3) is 22.3 Å². The molecule has 6 heteroatoms. The Morgan fingerprint density at radius 3 is 2.44 bits per heavy atom. The van der Waals surface area contributed by atoms with Crippen molar-refractivity contribution < 1.29 is 9.47 Å². The summed E-state index contributed by atoms with van der Waals surface area (Å²) < 4.78 is 10.8. The second-order valence-electron chi connectivity index (χ2n) is 5.84. The van der Waals surface area contributed by atoms with Gasteiger partial charge in [0.2, 0.25) is 0 Å². The van der Waals surface area contributed by atoms with Gasteiger partial charge < -0.3 is 14.8 Å². The second kappa shape index (κ2) is 7.29. The van der Waals surface area contributed by atoms with E-state index in [1.54, 1.807) is 26.6 Å². The van der Waals surface area contributed by atoms with Crippen molar-refractivity contribution in [2.24, 2.45) is 0 Å². The van der Waals surface area contributed by atoms with Crippen LogP contribution in [-0.2, 0) is 0 Å². The summed E-state index contributed by atoms with van der Waals surface area (Å²) in [5.74, 6) is 2.73. The molecule has 2 aromatic heterocycles. The number of hydrogen-bond donors (Lipinski definition) is 1. The molecule has 0 fully saturated rings. The van der Waals surface area contributed by atoms with Crippen LogP contribution in [0.2, 0.25) is 0 Å². The molecule has 0 atom stereocenters. The van der Waals surface area contributed by atoms with Gasteiger partial charge in [-0.1, -0.05) is 12.1 Å². The molecule has 0 spiro atoms. The molecule has 4 aromatic rings. The Morgan fingerprint density at radius 1 is 0.852 bits per heavy atom. The van der Waals surface area contributed by atoms with E-state index in [4.69, 9.17) is 14.5 Å². The largest absolute Gasteiger partial charge is 0.497 e. The SMILES string of the molecule is COc1ccc(Nc2nc(-c3ccncc3)nc3ccccc23)c(OC)c1. The van der Waals surface area contributed by atoms with E-state index in [1.165, 1.54) is 0 Å². The smallest absolute Gasteiger partial charge is 0.162 e. The molecule has 6 nitrogen and oxygen atoms in total. The summed E-state index contributed by atoms with van der Waals surface area (Å²) in [6.45, 7) is 0. The summed E-state index contributed by atoms with van der Waals surface area (Å²) in [6.07, 6.45) is 3.46. The molecule has 27 heavy (non-hydrogen) atoms. The Balaban J connectivity index is 1.84. The highest BCUT2D eigenvalue weighted by atomic mass is 16.5. The Bertz CT molecular complexity index is 1080. The van der Waals surface area contributed by atoms with E-state index in [0.717, 1.165) is 27.9 Å². The van der Waals surface area contributed by atoms with E-state index in [1.807, 2.05) is 54.6 Å². The van der Waals surface area contributed by atoms with Crippen molar-refractivity contribution >= 4 is 22.4 Å². The molecule has 0 aliphatic carbocycles. The van der Waals surface area contributed by atoms with Gasteiger partial charge in [0.1, 0.15) is 17.3 Å². The lowest BCUT2D eigenvalue weighted by atomic mass is 10.2. The van der Waals surface area contributed by atoms with Gasteiger partial charge in [0.15, 0.2) is 5.82 Å². The van der Waals surface area contributed by atoms with Crippen LogP contribution in [0.4, 0.5) is 11.5 Å². The lowest BCUT2D eigenvalue weighted by Gasteiger charge is -2.14. The predicted molar refractivity (Wildman–Crippen MR) is 106 cm³/mol. The zero-order chi connectivity index (χ0) is 18.6. The van der Waals surface area contributed by atoms with Crippen LogP contribution in [-0.4, -0.2) is 29.2 Å². The standard InChI is InChI=1S/C21H18N4O2/c1-26-15-7-8-18(19(13-15)27-2)24-21-16-5-3-4-6-17(16)23-20(25-21)14-9-11-22-12-10-14/h3-13H,1-2H3,(H,23,24,25). The molecular formula is C21H18N4O2. The van der Waals surface area contributed by atoms with Crippen molar-refractivity contribution in [2.45, 2.75) is 0 Å². The molecule has 0 amide bonds. The average Bonchev–Trinajstić information content (AvgIpc) is 2.74. The van der Waals surface area contributed by atoms with Crippen LogP contribution >= 0.6 is 0 Å². The van der Waals surface area contributed by atoms with Crippen molar-refractivity contribution in [3.05, 3.63) is 67.0 Å². The molecule has 0 saturated carbocycles. The van der Waals surface area contributed by atoms with Gasteiger partial charge in [-0.05, 0) is 36.4 Å². The van der Waals surface area contributed by atoms with Crippen molar-refractivity contribution in [2.75, 3.05) is 19.5 Å². The predicted octanol–water partition coefficient (Wildman–Crippen LogP) is 4.45. The topological polar surface area (TPSA) is 69.2 Å². The van der Waals surface area contributed by atoms with Gasteiger partial charge >= 0.3 is 0 Å². The van der Waals surface area contributed by atoms with Gasteiger partial charge in [-0.15, -0.1) is 0 Å². The van der Waals surface area contributed by atoms with Crippen molar-refractivity contribution in [1.82, 2.24) is 15.0 Å². The van der Waals surface area contributed by atoms with Crippen molar-refractivity contribution in [1.29, 1.82) is 0 Å². The Labute approximate surface area is 156 Å². The maximum absolute atomic E-state index is 5.49. The fourth-order valence-corrected chi connectivity index (χ4v) is 2.83. The number of anilines is 2. The number of methoxy groups -OCH3 is 2. The van der Waals surface area contributed by atoms with Crippen molar-refractivity contribution in [3.63, 3.8) is 0 Å². The summed E-state index contributed by atoms with van der Waals surface area (Å²) in [4.78, 5) is 13.5. The van der Waals surface area contributed by atoms with E-state index in [9.17, 15) is 0 Å². The monoisotopic (exact) mass is 358 g/mol. The zero-order valence-corrected chi connectivity index (χ0v) is 15.0. The fraction of sp³-hybridized carbons (Fsp3) is 0.0952. The lowest BCUT2D eigenvalue weighted by molar-refractivity contribution is 0.395. The maximum atomic E-state index is 5.49. The minimum Gasteiger partial charge on any atom is -0.497 e. The highest BCUT2D eigenvalue weighted by Gasteiger charge is 2.12. The fourth-order valence-electron chi connectivity index (χ4n) is 2.83. The highest BCUT2D eigenvalue weighted by Crippen LogP contribution is 2.33. The number of fused-ring (bicyclic) bond motifs is 1. The van der Waals surface area contributed by atoms with Gasteiger partial charge in [-0.25, -0.2) is 9.97 Å². The molecule has 0 bridgehead atoms. The van der Waals surface area contributed by atoms with Gasteiger partial charge in [-0.3, -0.25) is 4.98 Å². The number of para-hydroxylation sites is 1. The van der Waals surface area contributed by atoms with Crippen LogP contribution < -0.4 is 14.8 Å². The second-order valence-corrected chi connectivity index (χ2v) is 5.84. The van der Waals surface area contributed by atoms with Gasteiger partial charge in [-0.2, -0.15) is 0 Å². The van der Waals surface area contributed by atoms with E-state index >= 15 is 0 Å². The summed E-state index contributed by atoms with van der Waals surface area (Å²) in [6, 6.07) is 17.3. The Morgan fingerprint density at radius 2 is 1.67 bits per heavy atom. The summed E-state index contributed by atoms with van der Waals surface area (Å²) in [5, 5.41) is 4.30. The molecule has 0 saturated heterocycles.